The number of carbonyl (C=O) groups excluding carboxylic acids is 1. The third-order valence-electron chi connectivity index (χ3n) is 1.79. The molecule has 0 spiro atoms. The van der Waals surface area contributed by atoms with E-state index in [4.69, 9.17) is 0 Å². The zero-order valence-corrected chi connectivity index (χ0v) is 6.74. The SMILES string of the molecule is CN(C)C1(C=O)C=CC=CN1. The van der Waals surface area contributed by atoms with Crippen LogP contribution in [0.4, 0.5) is 0 Å². The lowest BCUT2D eigenvalue weighted by molar-refractivity contribution is -0.115. The molecule has 0 aromatic heterocycles. The summed E-state index contributed by atoms with van der Waals surface area (Å²) in [4.78, 5) is 12.6. The quantitative estimate of drug-likeness (QED) is 0.570. The van der Waals surface area contributed by atoms with Crippen molar-refractivity contribution in [2.45, 2.75) is 5.66 Å². The Morgan fingerprint density at radius 2 is 2.18 bits per heavy atom. The Labute approximate surface area is 66.4 Å². The van der Waals surface area contributed by atoms with Crippen molar-refractivity contribution in [3.05, 3.63) is 24.4 Å². The Morgan fingerprint density at radius 3 is 2.45 bits per heavy atom. The molecule has 60 valence electrons. The third kappa shape index (κ3) is 1.33. The molecule has 0 fully saturated rings. The molecule has 1 unspecified atom stereocenters. The second kappa shape index (κ2) is 2.88. The average Bonchev–Trinajstić information content (AvgIpc) is 2.05. The van der Waals surface area contributed by atoms with Gasteiger partial charge in [-0.05, 0) is 32.4 Å². The first-order chi connectivity index (χ1) is 5.21. The molecule has 0 radical (unpaired) electrons. The van der Waals surface area contributed by atoms with Gasteiger partial charge in [-0.1, -0.05) is 6.08 Å². The van der Waals surface area contributed by atoms with Crippen molar-refractivity contribution < 1.29 is 4.79 Å². The maximum absolute atomic E-state index is 10.7. The van der Waals surface area contributed by atoms with Crippen LogP contribution in [0.15, 0.2) is 24.4 Å². The molecule has 0 aromatic rings. The monoisotopic (exact) mass is 152 g/mol. The second-order valence-electron chi connectivity index (χ2n) is 2.70. The second-order valence-corrected chi connectivity index (χ2v) is 2.70. The molecule has 0 saturated heterocycles. The molecule has 1 aliphatic rings. The molecular formula is C8H12N2O. The van der Waals surface area contributed by atoms with E-state index >= 15 is 0 Å². The Morgan fingerprint density at radius 1 is 1.45 bits per heavy atom. The molecule has 11 heavy (non-hydrogen) atoms. The van der Waals surface area contributed by atoms with E-state index in [-0.39, 0.29) is 0 Å². The summed E-state index contributed by atoms with van der Waals surface area (Å²) in [5.74, 6) is 0. The van der Waals surface area contributed by atoms with Crippen molar-refractivity contribution in [1.29, 1.82) is 0 Å². The van der Waals surface area contributed by atoms with Gasteiger partial charge in [0.2, 0.25) is 0 Å². The van der Waals surface area contributed by atoms with E-state index in [1.54, 1.807) is 6.20 Å². The minimum Gasteiger partial charge on any atom is -0.364 e. The highest BCUT2D eigenvalue weighted by Crippen LogP contribution is 2.09. The molecule has 0 saturated carbocycles. The van der Waals surface area contributed by atoms with E-state index in [2.05, 4.69) is 5.32 Å². The fourth-order valence-corrected chi connectivity index (χ4v) is 0.944. The van der Waals surface area contributed by atoms with Crippen LogP contribution in [0.5, 0.6) is 0 Å². The molecule has 3 heteroatoms. The number of nitrogens with zero attached hydrogens (tertiary/aromatic N) is 1. The summed E-state index contributed by atoms with van der Waals surface area (Å²) in [6.07, 6.45) is 8.16. The molecule has 0 bridgehead atoms. The summed E-state index contributed by atoms with van der Waals surface area (Å²) in [5.41, 5.74) is -0.644. The molecule has 0 aromatic carbocycles. The fourth-order valence-electron chi connectivity index (χ4n) is 0.944. The first kappa shape index (κ1) is 8.01. The van der Waals surface area contributed by atoms with Crippen LogP contribution < -0.4 is 5.32 Å². The Hall–Kier alpha value is -1.09. The van der Waals surface area contributed by atoms with Crippen molar-refractivity contribution >= 4 is 6.29 Å². The smallest absolute Gasteiger partial charge is 0.167 e. The van der Waals surface area contributed by atoms with E-state index in [1.165, 1.54) is 0 Å². The summed E-state index contributed by atoms with van der Waals surface area (Å²) in [6, 6.07) is 0. The highest BCUT2D eigenvalue weighted by Gasteiger charge is 2.28. The minimum absolute atomic E-state index is 0.644. The molecule has 1 aliphatic heterocycles. The van der Waals surface area contributed by atoms with Gasteiger partial charge in [0.15, 0.2) is 11.9 Å². The molecule has 3 nitrogen and oxygen atoms in total. The van der Waals surface area contributed by atoms with Crippen molar-refractivity contribution in [2.75, 3.05) is 14.1 Å². The zero-order chi connectivity index (χ0) is 8.32. The predicted molar refractivity (Wildman–Crippen MR) is 43.9 cm³/mol. The number of hydrogen-bond acceptors (Lipinski definition) is 3. The van der Waals surface area contributed by atoms with Gasteiger partial charge in [-0.3, -0.25) is 9.69 Å². The molecule has 0 aliphatic carbocycles. The first-order valence-electron chi connectivity index (χ1n) is 3.47. The van der Waals surface area contributed by atoms with Gasteiger partial charge >= 0.3 is 0 Å². The van der Waals surface area contributed by atoms with Crippen LogP contribution in [-0.2, 0) is 4.79 Å². The van der Waals surface area contributed by atoms with E-state index in [1.807, 2.05) is 37.2 Å². The van der Waals surface area contributed by atoms with Gasteiger partial charge in [0, 0.05) is 0 Å². The topological polar surface area (TPSA) is 32.3 Å². The van der Waals surface area contributed by atoms with Crippen LogP contribution in [0.2, 0.25) is 0 Å². The number of carbonyl (C=O) groups is 1. The third-order valence-corrected chi connectivity index (χ3v) is 1.79. The van der Waals surface area contributed by atoms with Crippen LogP contribution >= 0.6 is 0 Å². The Bertz CT molecular complexity index is 208. The van der Waals surface area contributed by atoms with Gasteiger partial charge in [0.1, 0.15) is 0 Å². The summed E-state index contributed by atoms with van der Waals surface area (Å²) in [6.45, 7) is 0. The van der Waals surface area contributed by atoms with Crippen molar-refractivity contribution in [1.82, 2.24) is 10.2 Å². The van der Waals surface area contributed by atoms with E-state index < -0.39 is 5.66 Å². The van der Waals surface area contributed by atoms with Gasteiger partial charge in [-0.2, -0.15) is 0 Å². The van der Waals surface area contributed by atoms with E-state index in [0.29, 0.717) is 0 Å². The summed E-state index contributed by atoms with van der Waals surface area (Å²) >= 11 is 0. The maximum atomic E-state index is 10.7. The van der Waals surface area contributed by atoms with Crippen LogP contribution in [0.1, 0.15) is 0 Å². The zero-order valence-electron chi connectivity index (χ0n) is 6.74. The van der Waals surface area contributed by atoms with Crippen molar-refractivity contribution in [3.63, 3.8) is 0 Å². The maximum Gasteiger partial charge on any atom is 0.167 e. The molecule has 0 amide bonds. The van der Waals surface area contributed by atoms with Crippen LogP contribution in [0, 0.1) is 0 Å². The first-order valence-corrected chi connectivity index (χ1v) is 3.47. The van der Waals surface area contributed by atoms with Gasteiger partial charge < -0.3 is 5.32 Å². The number of likely N-dealkylation sites (N-methyl/N-ethyl adjacent to an activating group) is 1. The number of allylic oxidation sites excluding steroid dienone is 2. The van der Waals surface area contributed by atoms with Gasteiger partial charge in [-0.25, -0.2) is 0 Å². The standard InChI is InChI=1S/C8H12N2O/c1-10(2)8(7-11)5-3-4-6-9-8/h3-7,9H,1-2H3. The highest BCUT2D eigenvalue weighted by molar-refractivity contribution is 5.68. The lowest BCUT2D eigenvalue weighted by atomic mass is 10.1. The van der Waals surface area contributed by atoms with Crippen LogP contribution in [0.25, 0.3) is 0 Å². The van der Waals surface area contributed by atoms with Crippen molar-refractivity contribution in [3.8, 4) is 0 Å². The lowest BCUT2D eigenvalue weighted by Crippen LogP contribution is -2.54. The molecule has 1 rings (SSSR count). The highest BCUT2D eigenvalue weighted by atomic mass is 16.1. The molecule has 1 atom stereocenters. The van der Waals surface area contributed by atoms with Crippen molar-refractivity contribution in [2.24, 2.45) is 0 Å². The summed E-state index contributed by atoms with van der Waals surface area (Å²) in [7, 11) is 3.70. The van der Waals surface area contributed by atoms with Gasteiger partial charge in [0.05, 0.1) is 0 Å². The summed E-state index contributed by atoms with van der Waals surface area (Å²) in [5, 5.41) is 2.97. The fraction of sp³-hybridized carbons (Fsp3) is 0.375. The largest absolute Gasteiger partial charge is 0.364 e. The average molecular weight is 152 g/mol. The van der Waals surface area contributed by atoms with E-state index in [0.717, 1.165) is 6.29 Å². The van der Waals surface area contributed by atoms with E-state index in [9.17, 15) is 4.79 Å². The normalized spacial score (nSPS) is 28.6. The molecule has 1 N–H and O–H groups in total. The van der Waals surface area contributed by atoms with Gasteiger partial charge in [-0.15, -0.1) is 0 Å². The molecule has 1 heterocycles. The minimum atomic E-state index is -0.644. The lowest BCUT2D eigenvalue weighted by Gasteiger charge is -2.33. The van der Waals surface area contributed by atoms with Crippen LogP contribution in [-0.4, -0.2) is 30.9 Å². The number of rotatable bonds is 2. The predicted octanol–water partition coefficient (Wildman–Crippen LogP) is 0.116. The molecular weight excluding hydrogens is 140 g/mol. The number of nitrogens with one attached hydrogen (secondary N) is 1. The Balaban J connectivity index is 2.85. The Kier molecular flexibility index (Phi) is 2.10. The van der Waals surface area contributed by atoms with Crippen LogP contribution in [0.3, 0.4) is 0 Å². The van der Waals surface area contributed by atoms with Gasteiger partial charge in [0.25, 0.3) is 0 Å². The summed E-state index contributed by atoms with van der Waals surface area (Å²) < 4.78 is 0. The number of hydrogen-bond donors (Lipinski definition) is 1. The number of aldehydes is 1. The number of dihydropyridines is 1.